The first kappa shape index (κ1) is 15.4. The van der Waals surface area contributed by atoms with E-state index in [1.165, 1.54) is 11.8 Å². The number of esters is 2. The highest BCUT2D eigenvalue weighted by atomic mass is 16.5. The molecule has 0 spiro atoms. The summed E-state index contributed by atoms with van der Waals surface area (Å²) in [5.74, 6) is -1.14. The quantitative estimate of drug-likeness (QED) is 0.605. The minimum absolute atomic E-state index is 0.0762. The van der Waals surface area contributed by atoms with Crippen molar-refractivity contribution in [3.05, 3.63) is 0 Å². The fraction of sp³-hybridized carbons (Fsp3) is 0.727. The number of hydrogen-bond donors (Lipinski definition) is 0. The minimum Gasteiger partial charge on any atom is -0.466 e. The van der Waals surface area contributed by atoms with Crippen molar-refractivity contribution in [2.45, 2.75) is 27.2 Å². The third-order valence-electron chi connectivity index (χ3n) is 1.96. The number of nitrogens with zero attached hydrogens (tertiary/aromatic N) is 1. The number of hydrogen-bond acceptors (Lipinski definition) is 5. The Hall–Kier alpha value is -1.59. The van der Waals surface area contributed by atoms with Crippen LogP contribution in [-0.4, -0.2) is 49.0 Å². The Labute approximate surface area is 101 Å². The lowest BCUT2D eigenvalue weighted by atomic mass is 10.3. The Morgan fingerprint density at radius 2 is 1.53 bits per heavy atom. The predicted molar refractivity (Wildman–Crippen MR) is 60.1 cm³/mol. The molecule has 6 heteroatoms. The van der Waals surface area contributed by atoms with Gasteiger partial charge in [-0.05, 0) is 13.8 Å². The van der Waals surface area contributed by atoms with Gasteiger partial charge in [-0.3, -0.25) is 14.4 Å². The summed E-state index contributed by atoms with van der Waals surface area (Å²) < 4.78 is 9.46. The molecular weight excluding hydrogens is 226 g/mol. The van der Waals surface area contributed by atoms with Crippen LogP contribution in [0.2, 0.25) is 0 Å². The van der Waals surface area contributed by atoms with Crippen LogP contribution in [0.25, 0.3) is 0 Å². The standard InChI is InChI=1S/C11H19NO5/c1-4-16-10(14)6-7-12(9(3)13)8-11(15)17-5-2/h4-8H2,1-3H3. The van der Waals surface area contributed by atoms with Gasteiger partial charge in [-0.25, -0.2) is 0 Å². The summed E-state index contributed by atoms with van der Waals surface area (Å²) in [4.78, 5) is 34.8. The summed E-state index contributed by atoms with van der Waals surface area (Å²) in [5.41, 5.74) is 0. The number of rotatable bonds is 7. The predicted octanol–water partition coefficient (Wildman–Crippen LogP) is 0.351. The third-order valence-corrected chi connectivity index (χ3v) is 1.96. The van der Waals surface area contributed by atoms with Crippen LogP contribution >= 0.6 is 0 Å². The van der Waals surface area contributed by atoms with Crippen molar-refractivity contribution in [1.29, 1.82) is 0 Å². The summed E-state index contributed by atoms with van der Waals surface area (Å²) in [6.07, 6.45) is 0.0762. The maximum Gasteiger partial charge on any atom is 0.325 e. The zero-order valence-electron chi connectivity index (χ0n) is 10.5. The van der Waals surface area contributed by atoms with E-state index in [1.807, 2.05) is 0 Å². The molecule has 0 aromatic heterocycles. The first-order valence-electron chi connectivity index (χ1n) is 5.58. The Bertz CT molecular complexity index is 277. The summed E-state index contributed by atoms with van der Waals surface area (Å²) in [6.45, 7) is 5.33. The highest BCUT2D eigenvalue weighted by Crippen LogP contribution is 1.96. The van der Waals surface area contributed by atoms with Gasteiger partial charge < -0.3 is 14.4 Å². The third kappa shape index (κ3) is 7.32. The van der Waals surface area contributed by atoms with Crippen LogP contribution in [0.1, 0.15) is 27.2 Å². The molecule has 98 valence electrons. The van der Waals surface area contributed by atoms with Crippen molar-refractivity contribution in [3.8, 4) is 0 Å². The molecule has 0 rings (SSSR count). The molecule has 0 saturated carbocycles. The Morgan fingerprint density at radius 3 is 2.00 bits per heavy atom. The molecule has 0 aromatic rings. The average Bonchev–Trinajstić information content (AvgIpc) is 2.24. The molecule has 0 aromatic carbocycles. The van der Waals surface area contributed by atoms with Gasteiger partial charge in [0.1, 0.15) is 6.54 Å². The fourth-order valence-corrected chi connectivity index (χ4v) is 1.17. The second-order valence-electron chi connectivity index (χ2n) is 3.30. The van der Waals surface area contributed by atoms with Gasteiger partial charge in [-0.15, -0.1) is 0 Å². The largest absolute Gasteiger partial charge is 0.466 e. The highest BCUT2D eigenvalue weighted by molar-refractivity contribution is 5.81. The molecule has 0 fully saturated rings. The monoisotopic (exact) mass is 245 g/mol. The number of carbonyl (C=O) groups excluding carboxylic acids is 3. The molecular formula is C11H19NO5. The lowest BCUT2D eigenvalue weighted by Crippen LogP contribution is -2.36. The van der Waals surface area contributed by atoms with Crippen molar-refractivity contribution < 1.29 is 23.9 Å². The smallest absolute Gasteiger partial charge is 0.325 e. The van der Waals surface area contributed by atoms with E-state index in [9.17, 15) is 14.4 Å². The van der Waals surface area contributed by atoms with Gasteiger partial charge >= 0.3 is 11.9 Å². The molecule has 0 radical (unpaired) electrons. The fourth-order valence-electron chi connectivity index (χ4n) is 1.17. The summed E-state index contributed by atoms with van der Waals surface area (Å²) in [6, 6.07) is 0. The molecule has 0 unspecified atom stereocenters. The van der Waals surface area contributed by atoms with Crippen molar-refractivity contribution in [3.63, 3.8) is 0 Å². The zero-order valence-corrected chi connectivity index (χ0v) is 10.5. The number of amides is 1. The molecule has 0 aliphatic rings. The van der Waals surface area contributed by atoms with Crippen molar-refractivity contribution in [1.82, 2.24) is 4.90 Å². The van der Waals surface area contributed by atoms with Gasteiger partial charge in [0.05, 0.1) is 19.6 Å². The maximum absolute atomic E-state index is 11.2. The van der Waals surface area contributed by atoms with E-state index in [-0.39, 0.29) is 38.0 Å². The second-order valence-corrected chi connectivity index (χ2v) is 3.30. The van der Waals surface area contributed by atoms with Gasteiger partial charge in [-0.2, -0.15) is 0 Å². The first-order valence-corrected chi connectivity index (χ1v) is 5.58. The topological polar surface area (TPSA) is 72.9 Å². The van der Waals surface area contributed by atoms with Gasteiger partial charge in [-0.1, -0.05) is 0 Å². The van der Waals surface area contributed by atoms with Gasteiger partial charge in [0.25, 0.3) is 0 Å². The Balaban J connectivity index is 4.11. The molecule has 0 atom stereocenters. The number of ether oxygens (including phenoxy) is 2. The van der Waals surface area contributed by atoms with Crippen LogP contribution in [0.4, 0.5) is 0 Å². The number of carbonyl (C=O) groups is 3. The molecule has 0 aliphatic heterocycles. The first-order chi connectivity index (χ1) is 8.01. The zero-order chi connectivity index (χ0) is 13.3. The summed E-state index contributed by atoms with van der Waals surface area (Å²) in [7, 11) is 0. The molecule has 0 saturated heterocycles. The van der Waals surface area contributed by atoms with E-state index in [1.54, 1.807) is 13.8 Å². The van der Waals surface area contributed by atoms with Gasteiger partial charge in [0, 0.05) is 13.5 Å². The van der Waals surface area contributed by atoms with Crippen LogP contribution in [0, 0.1) is 0 Å². The van der Waals surface area contributed by atoms with Crippen LogP contribution < -0.4 is 0 Å². The van der Waals surface area contributed by atoms with E-state index in [0.29, 0.717) is 6.61 Å². The van der Waals surface area contributed by atoms with E-state index >= 15 is 0 Å². The molecule has 6 nitrogen and oxygen atoms in total. The second kappa shape index (κ2) is 8.55. The summed E-state index contributed by atoms with van der Waals surface area (Å²) >= 11 is 0. The Kier molecular flexibility index (Phi) is 7.75. The highest BCUT2D eigenvalue weighted by Gasteiger charge is 2.15. The van der Waals surface area contributed by atoms with Crippen LogP contribution in [0.5, 0.6) is 0 Å². The van der Waals surface area contributed by atoms with Gasteiger partial charge in [0.15, 0.2) is 0 Å². The SMILES string of the molecule is CCOC(=O)CCN(CC(=O)OCC)C(C)=O. The lowest BCUT2D eigenvalue weighted by Gasteiger charge is -2.19. The summed E-state index contributed by atoms with van der Waals surface area (Å²) in [5, 5.41) is 0. The van der Waals surface area contributed by atoms with Crippen molar-refractivity contribution >= 4 is 17.8 Å². The van der Waals surface area contributed by atoms with Crippen molar-refractivity contribution in [2.75, 3.05) is 26.3 Å². The molecule has 0 aliphatic carbocycles. The van der Waals surface area contributed by atoms with E-state index in [0.717, 1.165) is 0 Å². The van der Waals surface area contributed by atoms with E-state index < -0.39 is 5.97 Å². The lowest BCUT2D eigenvalue weighted by molar-refractivity contribution is -0.150. The molecule has 1 amide bonds. The molecule has 0 bridgehead atoms. The average molecular weight is 245 g/mol. The Morgan fingerprint density at radius 1 is 1.00 bits per heavy atom. The minimum atomic E-state index is -0.480. The van der Waals surface area contributed by atoms with Gasteiger partial charge in [0.2, 0.25) is 5.91 Å². The molecule has 17 heavy (non-hydrogen) atoms. The maximum atomic E-state index is 11.2. The van der Waals surface area contributed by atoms with E-state index in [4.69, 9.17) is 9.47 Å². The molecule has 0 heterocycles. The normalized spacial score (nSPS) is 9.59. The van der Waals surface area contributed by atoms with E-state index in [2.05, 4.69) is 0 Å². The van der Waals surface area contributed by atoms with Crippen LogP contribution in [0.15, 0.2) is 0 Å². The molecule has 0 N–H and O–H groups in total. The van der Waals surface area contributed by atoms with Crippen molar-refractivity contribution in [2.24, 2.45) is 0 Å². The van der Waals surface area contributed by atoms with Crippen LogP contribution in [-0.2, 0) is 23.9 Å². The van der Waals surface area contributed by atoms with Crippen LogP contribution in [0.3, 0.4) is 0 Å².